The average molecular weight is 359 g/mol. The van der Waals surface area contributed by atoms with Gasteiger partial charge in [-0.1, -0.05) is 37.3 Å². The van der Waals surface area contributed by atoms with Gasteiger partial charge in [0.05, 0.1) is 0 Å². The minimum absolute atomic E-state index is 0.329. The van der Waals surface area contributed by atoms with Gasteiger partial charge in [0.25, 0.3) is 0 Å². The number of hydrogen-bond acceptors (Lipinski definition) is 5. The van der Waals surface area contributed by atoms with Crippen LogP contribution in [-0.4, -0.2) is 28.9 Å². The molecule has 3 rings (SSSR count). The number of hydrogen-bond donors (Lipinski definition) is 3. The van der Waals surface area contributed by atoms with Gasteiger partial charge in [-0.15, -0.1) is 0 Å². The zero-order valence-electron chi connectivity index (χ0n) is 14.4. The first kappa shape index (κ1) is 19.3. The molecule has 0 aromatic heterocycles. The van der Waals surface area contributed by atoms with Crippen molar-refractivity contribution in [3.05, 3.63) is 59.2 Å². The van der Waals surface area contributed by atoms with Crippen molar-refractivity contribution in [3.8, 4) is 11.5 Å². The molecule has 0 aliphatic carbocycles. The second-order valence-corrected chi connectivity index (χ2v) is 5.57. The molecule has 0 atom stereocenters. The maximum atomic E-state index is 9.10. The standard InChI is InChI=1S/C17H19NO2.C2H2O4/c1-2-13-3-5-14(6-4-13)10-18-11-15-7-8-16-17(9-15)20-12-19-16;3-1(4)2(5)6/h3-9,18H,2,10-12H2,1H3;(H,3,4)(H,5,6). The van der Waals surface area contributed by atoms with E-state index in [-0.39, 0.29) is 0 Å². The lowest BCUT2D eigenvalue weighted by atomic mass is 10.1. The number of carboxylic acids is 2. The minimum atomic E-state index is -1.82. The van der Waals surface area contributed by atoms with Gasteiger partial charge in [0.1, 0.15) is 0 Å². The lowest BCUT2D eigenvalue weighted by Gasteiger charge is -2.07. The Morgan fingerprint density at radius 3 is 2.04 bits per heavy atom. The summed E-state index contributed by atoms with van der Waals surface area (Å²) in [4.78, 5) is 18.2. The van der Waals surface area contributed by atoms with Gasteiger partial charge in [-0.3, -0.25) is 0 Å². The van der Waals surface area contributed by atoms with Gasteiger partial charge >= 0.3 is 11.9 Å². The van der Waals surface area contributed by atoms with Crippen molar-refractivity contribution in [3.63, 3.8) is 0 Å². The molecule has 0 spiro atoms. The normalized spacial score (nSPS) is 11.4. The first-order valence-corrected chi connectivity index (χ1v) is 8.13. The lowest BCUT2D eigenvalue weighted by molar-refractivity contribution is -0.159. The lowest BCUT2D eigenvalue weighted by Crippen LogP contribution is -2.12. The smallest absolute Gasteiger partial charge is 0.414 e. The van der Waals surface area contributed by atoms with Gasteiger partial charge in [-0.25, -0.2) is 9.59 Å². The zero-order chi connectivity index (χ0) is 18.9. The maximum Gasteiger partial charge on any atom is 0.414 e. The van der Waals surface area contributed by atoms with Gasteiger partial charge in [0, 0.05) is 13.1 Å². The number of ether oxygens (including phenoxy) is 2. The number of nitrogens with one attached hydrogen (secondary N) is 1. The molecule has 0 radical (unpaired) electrons. The van der Waals surface area contributed by atoms with Gasteiger partial charge in [0.15, 0.2) is 11.5 Å². The number of fused-ring (bicyclic) bond motifs is 1. The van der Waals surface area contributed by atoms with Crippen LogP contribution >= 0.6 is 0 Å². The summed E-state index contributed by atoms with van der Waals surface area (Å²) >= 11 is 0. The van der Waals surface area contributed by atoms with Crippen LogP contribution in [0.1, 0.15) is 23.6 Å². The third-order valence-corrected chi connectivity index (χ3v) is 3.71. The van der Waals surface area contributed by atoms with Crippen molar-refractivity contribution >= 4 is 11.9 Å². The Labute approximate surface area is 151 Å². The number of aryl methyl sites for hydroxylation is 1. The molecule has 0 saturated carbocycles. The van der Waals surface area contributed by atoms with Crippen LogP contribution in [0.2, 0.25) is 0 Å². The summed E-state index contributed by atoms with van der Waals surface area (Å²) in [6, 6.07) is 14.8. The van der Waals surface area contributed by atoms with E-state index in [0.29, 0.717) is 6.79 Å². The molecule has 0 amide bonds. The maximum absolute atomic E-state index is 9.10. The summed E-state index contributed by atoms with van der Waals surface area (Å²) in [5.41, 5.74) is 3.90. The minimum Gasteiger partial charge on any atom is -0.473 e. The molecule has 3 N–H and O–H groups in total. The number of rotatable bonds is 5. The summed E-state index contributed by atoms with van der Waals surface area (Å²) in [5.74, 6) is -1.97. The fourth-order valence-corrected chi connectivity index (χ4v) is 2.29. The van der Waals surface area contributed by atoms with Crippen LogP contribution in [0.5, 0.6) is 11.5 Å². The van der Waals surface area contributed by atoms with Gasteiger partial charge < -0.3 is 25.0 Å². The first-order chi connectivity index (χ1) is 12.5. The van der Waals surface area contributed by atoms with E-state index in [4.69, 9.17) is 29.3 Å². The largest absolute Gasteiger partial charge is 0.473 e. The van der Waals surface area contributed by atoms with E-state index in [2.05, 4.69) is 42.6 Å². The van der Waals surface area contributed by atoms with Crippen LogP contribution in [0.25, 0.3) is 0 Å². The average Bonchev–Trinajstić information content (AvgIpc) is 3.10. The summed E-state index contributed by atoms with van der Waals surface area (Å²) in [6.45, 7) is 4.20. The highest BCUT2D eigenvalue weighted by molar-refractivity contribution is 6.27. The summed E-state index contributed by atoms with van der Waals surface area (Å²) in [7, 11) is 0. The molecule has 0 saturated heterocycles. The molecule has 1 heterocycles. The Hall–Kier alpha value is -3.06. The molecule has 1 aliphatic heterocycles. The van der Waals surface area contributed by atoms with Crippen LogP contribution in [0.15, 0.2) is 42.5 Å². The molecule has 2 aromatic rings. The fraction of sp³-hybridized carbons (Fsp3) is 0.263. The van der Waals surface area contributed by atoms with Crippen LogP contribution in [0, 0.1) is 0 Å². The van der Waals surface area contributed by atoms with E-state index >= 15 is 0 Å². The van der Waals surface area contributed by atoms with Gasteiger partial charge in [-0.05, 0) is 35.2 Å². The molecule has 0 fully saturated rings. The van der Waals surface area contributed by atoms with E-state index < -0.39 is 11.9 Å². The van der Waals surface area contributed by atoms with Crippen LogP contribution in [-0.2, 0) is 29.1 Å². The number of carboxylic acid groups (broad SMARTS) is 2. The van der Waals surface area contributed by atoms with Crippen molar-refractivity contribution in [2.24, 2.45) is 0 Å². The molecule has 7 nitrogen and oxygen atoms in total. The quantitative estimate of drug-likeness (QED) is 0.704. The zero-order valence-corrected chi connectivity index (χ0v) is 14.4. The Bertz CT molecular complexity index is 745. The van der Waals surface area contributed by atoms with E-state index in [0.717, 1.165) is 31.0 Å². The van der Waals surface area contributed by atoms with E-state index in [1.165, 1.54) is 16.7 Å². The van der Waals surface area contributed by atoms with Gasteiger partial charge in [-0.2, -0.15) is 0 Å². The van der Waals surface area contributed by atoms with E-state index in [9.17, 15) is 0 Å². The van der Waals surface area contributed by atoms with E-state index in [1.54, 1.807) is 0 Å². The topological polar surface area (TPSA) is 105 Å². The highest BCUT2D eigenvalue weighted by atomic mass is 16.7. The third kappa shape index (κ3) is 5.78. The predicted molar refractivity (Wildman–Crippen MR) is 94.2 cm³/mol. The molecule has 7 heteroatoms. The predicted octanol–water partition coefficient (Wildman–Crippen LogP) is 2.42. The van der Waals surface area contributed by atoms with Gasteiger partial charge in [0.2, 0.25) is 6.79 Å². The van der Waals surface area contributed by atoms with E-state index in [1.807, 2.05) is 12.1 Å². The van der Waals surface area contributed by atoms with Crippen molar-refractivity contribution in [1.82, 2.24) is 5.32 Å². The number of carbonyl (C=O) groups is 2. The Kier molecular flexibility index (Phi) is 6.99. The van der Waals surface area contributed by atoms with Crippen LogP contribution in [0.4, 0.5) is 0 Å². The molecule has 1 aliphatic rings. The molecular formula is C19H21NO6. The Morgan fingerprint density at radius 2 is 1.42 bits per heavy atom. The summed E-state index contributed by atoms with van der Waals surface area (Å²) in [5, 5.41) is 18.2. The van der Waals surface area contributed by atoms with Crippen LogP contribution < -0.4 is 14.8 Å². The monoisotopic (exact) mass is 359 g/mol. The molecular weight excluding hydrogens is 338 g/mol. The van der Waals surface area contributed by atoms with Crippen molar-refractivity contribution in [1.29, 1.82) is 0 Å². The molecule has 2 aromatic carbocycles. The third-order valence-electron chi connectivity index (χ3n) is 3.71. The second kappa shape index (κ2) is 9.43. The molecule has 0 bridgehead atoms. The number of benzene rings is 2. The molecule has 138 valence electrons. The summed E-state index contributed by atoms with van der Waals surface area (Å²) in [6.07, 6.45) is 1.09. The highest BCUT2D eigenvalue weighted by Crippen LogP contribution is 2.32. The number of aliphatic carboxylic acids is 2. The highest BCUT2D eigenvalue weighted by Gasteiger charge is 2.12. The molecule has 0 unspecified atom stereocenters. The Morgan fingerprint density at radius 1 is 0.885 bits per heavy atom. The van der Waals surface area contributed by atoms with Crippen molar-refractivity contribution < 1.29 is 29.3 Å². The second-order valence-electron chi connectivity index (χ2n) is 5.57. The first-order valence-electron chi connectivity index (χ1n) is 8.13. The summed E-state index contributed by atoms with van der Waals surface area (Å²) < 4.78 is 10.7. The van der Waals surface area contributed by atoms with Crippen molar-refractivity contribution in [2.75, 3.05) is 6.79 Å². The van der Waals surface area contributed by atoms with Crippen molar-refractivity contribution in [2.45, 2.75) is 26.4 Å². The SMILES string of the molecule is CCc1ccc(CNCc2ccc3c(c2)OCO3)cc1.O=C(O)C(=O)O. The Balaban J connectivity index is 0.000000352. The fourth-order valence-electron chi connectivity index (χ4n) is 2.29. The molecule has 26 heavy (non-hydrogen) atoms. The van der Waals surface area contributed by atoms with Crippen LogP contribution in [0.3, 0.4) is 0 Å².